The molecule has 2 heterocycles. The zero-order valence-electron chi connectivity index (χ0n) is 17.2. The van der Waals surface area contributed by atoms with E-state index in [-0.39, 0.29) is 17.9 Å². The first-order valence-electron chi connectivity index (χ1n) is 11.2. The van der Waals surface area contributed by atoms with Crippen LogP contribution in [0.2, 0.25) is 0 Å². The maximum atomic E-state index is 13.0. The molecule has 2 aliphatic carbocycles. The third kappa shape index (κ3) is 4.16. The van der Waals surface area contributed by atoms with Gasteiger partial charge in [0, 0.05) is 23.5 Å². The van der Waals surface area contributed by atoms with Crippen LogP contribution < -0.4 is 10.6 Å². The topological polar surface area (TPSA) is 61.4 Å². The lowest BCUT2D eigenvalue weighted by molar-refractivity contribution is -0.118. The minimum absolute atomic E-state index is 0.0413. The zero-order valence-corrected chi connectivity index (χ0v) is 18.0. The highest BCUT2D eigenvalue weighted by atomic mass is 32.1. The maximum Gasteiger partial charge on any atom is 0.253 e. The molecule has 3 aliphatic rings. The monoisotopic (exact) mass is 423 g/mol. The van der Waals surface area contributed by atoms with Crippen molar-refractivity contribution in [2.24, 2.45) is 5.92 Å². The largest absolute Gasteiger partial charge is 0.349 e. The smallest absolute Gasteiger partial charge is 0.253 e. The summed E-state index contributed by atoms with van der Waals surface area (Å²) in [5, 5.41) is 8.33. The number of rotatable bonds is 6. The Morgan fingerprint density at radius 2 is 1.87 bits per heavy atom. The second kappa shape index (κ2) is 8.52. The molecular formula is C24H29N3O2S. The van der Waals surface area contributed by atoms with Gasteiger partial charge >= 0.3 is 0 Å². The van der Waals surface area contributed by atoms with Crippen LogP contribution in [0.3, 0.4) is 0 Å². The molecule has 1 aliphatic heterocycles. The minimum Gasteiger partial charge on any atom is -0.349 e. The van der Waals surface area contributed by atoms with E-state index in [0.29, 0.717) is 29.8 Å². The van der Waals surface area contributed by atoms with E-state index in [2.05, 4.69) is 27.0 Å². The van der Waals surface area contributed by atoms with E-state index in [4.69, 9.17) is 0 Å². The normalized spacial score (nSPS) is 21.9. The number of benzene rings is 1. The van der Waals surface area contributed by atoms with Crippen molar-refractivity contribution in [3.63, 3.8) is 0 Å². The summed E-state index contributed by atoms with van der Waals surface area (Å²) in [7, 11) is 0. The Balaban J connectivity index is 1.26. The quantitative estimate of drug-likeness (QED) is 0.725. The van der Waals surface area contributed by atoms with Crippen LogP contribution in [0.5, 0.6) is 0 Å². The molecule has 2 aromatic rings. The van der Waals surface area contributed by atoms with Crippen LogP contribution in [0.1, 0.15) is 65.4 Å². The molecule has 1 unspecified atom stereocenters. The number of thiophene rings is 1. The molecule has 2 fully saturated rings. The second-order valence-corrected chi connectivity index (χ2v) is 9.85. The van der Waals surface area contributed by atoms with E-state index in [9.17, 15) is 9.59 Å². The number of carbonyl (C=O) groups is 2. The van der Waals surface area contributed by atoms with E-state index in [1.165, 1.54) is 36.1 Å². The average Bonchev–Trinajstić information content (AvgIpc) is 3.22. The summed E-state index contributed by atoms with van der Waals surface area (Å²) in [4.78, 5) is 29.6. The van der Waals surface area contributed by atoms with Crippen LogP contribution in [0.15, 0.2) is 35.7 Å². The summed E-state index contributed by atoms with van der Waals surface area (Å²) in [6.07, 6.45) is 7.96. The fraction of sp³-hybridized carbons (Fsp3) is 0.500. The van der Waals surface area contributed by atoms with Crippen molar-refractivity contribution in [3.8, 4) is 0 Å². The van der Waals surface area contributed by atoms with Gasteiger partial charge in [-0.15, -0.1) is 11.3 Å². The number of hydrogen-bond donors (Lipinski definition) is 2. The van der Waals surface area contributed by atoms with Crippen molar-refractivity contribution >= 4 is 28.8 Å². The Morgan fingerprint density at radius 3 is 2.67 bits per heavy atom. The van der Waals surface area contributed by atoms with Crippen LogP contribution >= 0.6 is 11.3 Å². The Labute approximate surface area is 181 Å². The van der Waals surface area contributed by atoms with Gasteiger partial charge in [-0.3, -0.25) is 14.5 Å². The number of hydrogen-bond acceptors (Lipinski definition) is 4. The van der Waals surface area contributed by atoms with Gasteiger partial charge in [0.2, 0.25) is 5.91 Å². The van der Waals surface area contributed by atoms with Gasteiger partial charge < -0.3 is 10.6 Å². The molecule has 5 rings (SSSR count). The number of nitrogens with zero attached hydrogens (tertiary/aromatic N) is 1. The van der Waals surface area contributed by atoms with Crippen LogP contribution in [0.25, 0.3) is 0 Å². The predicted molar refractivity (Wildman–Crippen MR) is 120 cm³/mol. The fourth-order valence-electron chi connectivity index (χ4n) is 5.04. The van der Waals surface area contributed by atoms with Gasteiger partial charge in [0.25, 0.3) is 5.91 Å². The van der Waals surface area contributed by atoms with Gasteiger partial charge in [0.1, 0.15) is 0 Å². The highest BCUT2D eigenvalue weighted by Crippen LogP contribution is 2.48. The molecule has 2 amide bonds. The molecule has 2 saturated carbocycles. The third-order valence-electron chi connectivity index (χ3n) is 6.67. The van der Waals surface area contributed by atoms with Gasteiger partial charge in [-0.1, -0.05) is 25.0 Å². The van der Waals surface area contributed by atoms with Gasteiger partial charge in [-0.25, -0.2) is 0 Å². The molecule has 1 aromatic carbocycles. The first-order chi connectivity index (χ1) is 14.7. The van der Waals surface area contributed by atoms with Crippen molar-refractivity contribution < 1.29 is 9.59 Å². The maximum absolute atomic E-state index is 13.0. The highest BCUT2D eigenvalue weighted by Gasteiger charge is 2.40. The Kier molecular flexibility index (Phi) is 5.61. The minimum atomic E-state index is -0.0884. The molecule has 0 saturated heterocycles. The Hall–Kier alpha value is -2.18. The lowest BCUT2D eigenvalue weighted by Gasteiger charge is -2.35. The van der Waals surface area contributed by atoms with Crippen molar-refractivity contribution in [2.45, 2.75) is 57.0 Å². The summed E-state index contributed by atoms with van der Waals surface area (Å²) in [6, 6.07) is 10.2. The standard InChI is InChI=1S/C24H29N3O2S/c28-22(15-27-13-11-21-19(12-14-30-21)23(27)16-9-10-16)26-20-8-4-3-7-18(20)24(29)25-17-5-1-2-6-17/h3-4,7-8,12,14,16-17,23H,1-2,5-6,9-11,13,15H2,(H,25,29)(H,26,28). The van der Waals surface area contributed by atoms with Gasteiger partial charge in [0.05, 0.1) is 17.8 Å². The molecule has 0 bridgehead atoms. The predicted octanol–water partition coefficient (Wildman–Crippen LogP) is 4.37. The number of fused-ring (bicyclic) bond motifs is 1. The molecular weight excluding hydrogens is 394 g/mol. The van der Waals surface area contributed by atoms with E-state index in [0.717, 1.165) is 25.8 Å². The van der Waals surface area contributed by atoms with E-state index < -0.39 is 0 Å². The Bertz CT molecular complexity index is 930. The highest BCUT2D eigenvalue weighted by molar-refractivity contribution is 7.10. The third-order valence-corrected chi connectivity index (χ3v) is 7.67. The SMILES string of the molecule is O=C(CN1CCc2sccc2C1C1CC1)Nc1ccccc1C(=O)NC1CCCC1. The van der Waals surface area contributed by atoms with Crippen molar-refractivity contribution in [1.29, 1.82) is 0 Å². The zero-order chi connectivity index (χ0) is 20.5. The van der Waals surface area contributed by atoms with E-state index in [1.54, 1.807) is 6.07 Å². The van der Waals surface area contributed by atoms with E-state index in [1.807, 2.05) is 29.5 Å². The van der Waals surface area contributed by atoms with Gasteiger partial charge in [-0.05, 0) is 67.2 Å². The first kappa shape index (κ1) is 19.8. The molecule has 5 nitrogen and oxygen atoms in total. The second-order valence-electron chi connectivity index (χ2n) is 8.85. The lowest BCUT2D eigenvalue weighted by atomic mass is 9.96. The molecule has 6 heteroatoms. The summed E-state index contributed by atoms with van der Waals surface area (Å²) < 4.78 is 0. The molecule has 0 spiro atoms. The van der Waals surface area contributed by atoms with Crippen molar-refractivity contribution in [3.05, 3.63) is 51.7 Å². The number of anilines is 1. The number of para-hydroxylation sites is 1. The summed E-state index contributed by atoms with van der Waals surface area (Å²) in [5.41, 5.74) is 2.59. The van der Waals surface area contributed by atoms with Crippen LogP contribution in [-0.4, -0.2) is 35.8 Å². The molecule has 0 radical (unpaired) electrons. The number of amides is 2. The van der Waals surface area contributed by atoms with Gasteiger partial charge in [-0.2, -0.15) is 0 Å². The van der Waals surface area contributed by atoms with Crippen molar-refractivity contribution in [2.75, 3.05) is 18.4 Å². The number of carbonyl (C=O) groups excluding carboxylic acids is 2. The van der Waals surface area contributed by atoms with Crippen LogP contribution in [0.4, 0.5) is 5.69 Å². The summed E-state index contributed by atoms with van der Waals surface area (Å²) in [5.74, 6) is 0.547. The fourth-order valence-corrected chi connectivity index (χ4v) is 5.95. The number of nitrogens with one attached hydrogen (secondary N) is 2. The van der Waals surface area contributed by atoms with Crippen molar-refractivity contribution in [1.82, 2.24) is 10.2 Å². The Morgan fingerprint density at radius 1 is 1.07 bits per heavy atom. The molecule has 2 N–H and O–H groups in total. The first-order valence-corrected chi connectivity index (χ1v) is 12.1. The van der Waals surface area contributed by atoms with Gasteiger partial charge in [0.15, 0.2) is 0 Å². The molecule has 1 aromatic heterocycles. The molecule has 158 valence electrons. The van der Waals surface area contributed by atoms with Crippen LogP contribution in [-0.2, 0) is 11.2 Å². The summed E-state index contributed by atoms with van der Waals surface area (Å²) >= 11 is 1.84. The molecule has 30 heavy (non-hydrogen) atoms. The average molecular weight is 424 g/mol. The summed E-state index contributed by atoms with van der Waals surface area (Å²) in [6.45, 7) is 1.29. The van der Waals surface area contributed by atoms with E-state index >= 15 is 0 Å². The lowest BCUT2D eigenvalue weighted by Crippen LogP contribution is -2.41. The molecule has 1 atom stereocenters. The van der Waals surface area contributed by atoms with Crippen LogP contribution in [0, 0.1) is 5.92 Å².